The van der Waals surface area contributed by atoms with E-state index in [1.54, 1.807) is 0 Å². The molecule has 2 aliphatic rings. The van der Waals surface area contributed by atoms with Crippen LogP contribution in [0.15, 0.2) is 47.6 Å². The number of hydrogen-bond donors (Lipinski definition) is 3. The van der Waals surface area contributed by atoms with E-state index in [1.165, 1.54) is 47.4 Å². The minimum Gasteiger partial charge on any atom is -0.477 e. The van der Waals surface area contributed by atoms with E-state index in [4.69, 9.17) is 16.3 Å². The van der Waals surface area contributed by atoms with Gasteiger partial charge in [-0.1, -0.05) is 11.6 Å². The van der Waals surface area contributed by atoms with Crippen LogP contribution in [0.1, 0.15) is 56.3 Å². The monoisotopic (exact) mass is 669 g/mol. The van der Waals surface area contributed by atoms with Gasteiger partial charge in [0, 0.05) is 30.5 Å². The minimum absolute atomic E-state index is 0.0853. The molecule has 0 radical (unpaired) electrons. The number of nitrogens with zero attached hydrogens (tertiary/aromatic N) is 4. The molecule has 4 heterocycles. The second kappa shape index (κ2) is 13.1. The molecular formula is C29H35ClF3N7O4S. The molecule has 1 saturated carbocycles. The predicted octanol–water partition coefficient (Wildman–Crippen LogP) is 4.98. The number of pyridine rings is 2. The number of carbonyl (C=O) groups excluding carboxylic acids is 1. The molecule has 1 saturated heterocycles. The second-order valence-electron chi connectivity index (χ2n) is 12.1. The SMILES string of the molecule is CC1(C)CC(CCCNc2ccc(S(=O)(=O)NC(=O)c3ccc(-n4ccc(OCCC5CC5C(F)(F)F)n4)nc3Cl)cn2)CN1. The molecule has 0 spiro atoms. The Kier molecular flexibility index (Phi) is 9.61. The van der Waals surface area contributed by atoms with Crippen LogP contribution in [0.4, 0.5) is 19.0 Å². The van der Waals surface area contributed by atoms with Gasteiger partial charge < -0.3 is 15.4 Å². The number of rotatable bonds is 13. The van der Waals surface area contributed by atoms with Gasteiger partial charge in [0.05, 0.1) is 18.1 Å². The maximum Gasteiger partial charge on any atom is 0.392 e. The van der Waals surface area contributed by atoms with Crippen LogP contribution >= 0.6 is 11.6 Å². The molecule has 2 fully saturated rings. The quantitative estimate of drug-likeness (QED) is 0.170. The lowest BCUT2D eigenvalue weighted by atomic mass is 9.94. The summed E-state index contributed by atoms with van der Waals surface area (Å²) < 4.78 is 72.5. The number of carbonyl (C=O) groups is 1. The summed E-state index contributed by atoms with van der Waals surface area (Å²) >= 11 is 6.21. The van der Waals surface area contributed by atoms with Crippen molar-refractivity contribution in [2.75, 3.05) is 25.0 Å². The van der Waals surface area contributed by atoms with Gasteiger partial charge in [-0.15, -0.1) is 5.10 Å². The van der Waals surface area contributed by atoms with Crippen LogP contribution in [-0.4, -0.2) is 65.5 Å². The lowest BCUT2D eigenvalue weighted by molar-refractivity contribution is -0.151. The summed E-state index contributed by atoms with van der Waals surface area (Å²) in [5, 5.41) is 10.6. The fraction of sp³-hybridized carbons (Fsp3) is 0.517. The summed E-state index contributed by atoms with van der Waals surface area (Å²) in [6, 6.07) is 7.12. The molecule has 11 nitrogen and oxygen atoms in total. The van der Waals surface area contributed by atoms with Gasteiger partial charge in [0.2, 0.25) is 5.88 Å². The summed E-state index contributed by atoms with van der Waals surface area (Å²) in [5.74, 6) is -1.12. The van der Waals surface area contributed by atoms with Gasteiger partial charge in [-0.25, -0.2) is 27.8 Å². The number of sulfonamides is 1. The van der Waals surface area contributed by atoms with Crippen molar-refractivity contribution in [3.63, 3.8) is 0 Å². The first kappa shape index (κ1) is 32.9. The molecule has 1 amide bonds. The summed E-state index contributed by atoms with van der Waals surface area (Å²) in [4.78, 5) is 20.9. The van der Waals surface area contributed by atoms with Crippen LogP contribution in [0.5, 0.6) is 5.88 Å². The van der Waals surface area contributed by atoms with Crippen LogP contribution in [0.2, 0.25) is 5.15 Å². The summed E-state index contributed by atoms with van der Waals surface area (Å²) in [6.45, 7) is 6.20. The van der Waals surface area contributed by atoms with Gasteiger partial charge in [0.25, 0.3) is 15.9 Å². The van der Waals surface area contributed by atoms with Crippen molar-refractivity contribution in [1.29, 1.82) is 0 Å². The predicted molar refractivity (Wildman–Crippen MR) is 161 cm³/mol. The van der Waals surface area contributed by atoms with Crippen molar-refractivity contribution < 1.29 is 31.1 Å². The summed E-state index contributed by atoms with van der Waals surface area (Å²) in [5.41, 5.74) is 0.00159. The molecule has 0 bridgehead atoms. The van der Waals surface area contributed by atoms with E-state index >= 15 is 0 Å². The van der Waals surface area contributed by atoms with Crippen LogP contribution in [0.25, 0.3) is 5.82 Å². The number of amides is 1. The lowest BCUT2D eigenvalue weighted by Crippen LogP contribution is -2.31. The number of hydrogen-bond acceptors (Lipinski definition) is 9. The summed E-state index contributed by atoms with van der Waals surface area (Å²) in [7, 11) is -4.25. The first-order valence-electron chi connectivity index (χ1n) is 14.6. The fourth-order valence-electron chi connectivity index (χ4n) is 5.49. The maximum absolute atomic E-state index is 12.8. The molecule has 45 heavy (non-hydrogen) atoms. The third-order valence-corrected chi connectivity index (χ3v) is 9.60. The molecule has 3 aromatic rings. The van der Waals surface area contributed by atoms with Crippen molar-refractivity contribution in [3.8, 4) is 11.7 Å². The van der Waals surface area contributed by atoms with Gasteiger partial charge in [-0.2, -0.15) is 13.2 Å². The van der Waals surface area contributed by atoms with Crippen LogP contribution in [0, 0.1) is 17.8 Å². The Bertz CT molecular complexity index is 1620. The zero-order valence-corrected chi connectivity index (χ0v) is 26.3. The molecule has 244 valence electrons. The molecule has 3 unspecified atom stereocenters. The second-order valence-corrected chi connectivity index (χ2v) is 14.1. The zero-order chi connectivity index (χ0) is 32.4. The smallest absolute Gasteiger partial charge is 0.392 e. The Balaban J connectivity index is 1.10. The first-order chi connectivity index (χ1) is 21.2. The minimum atomic E-state index is -4.25. The highest BCUT2D eigenvalue weighted by atomic mass is 35.5. The Labute approximate surface area is 264 Å². The number of ether oxygens (including phenoxy) is 1. The third-order valence-electron chi connectivity index (χ3n) is 8.00. The van der Waals surface area contributed by atoms with E-state index in [0.717, 1.165) is 25.8 Å². The number of aromatic nitrogens is 4. The molecule has 0 aromatic carbocycles. The van der Waals surface area contributed by atoms with Crippen molar-refractivity contribution in [1.82, 2.24) is 29.8 Å². The van der Waals surface area contributed by atoms with Gasteiger partial charge in [0.15, 0.2) is 5.82 Å². The highest BCUT2D eigenvalue weighted by Gasteiger charge is 2.55. The van der Waals surface area contributed by atoms with Crippen LogP contribution in [0.3, 0.4) is 0 Å². The maximum atomic E-state index is 12.8. The zero-order valence-electron chi connectivity index (χ0n) is 24.8. The molecule has 16 heteroatoms. The largest absolute Gasteiger partial charge is 0.477 e. The number of alkyl halides is 3. The Morgan fingerprint density at radius 1 is 1.20 bits per heavy atom. The van der Waals surface area contributed by atoms with Crippen molar-refractivity contribution in [2.45, 2.75) is 62.6 Å². The van der Waals surface area contributed by atoms with E-state index in [1.807, 2.05) is 4.72 Å². The Hall–Kier alpha value is -3.43. The molecule has 3 N–H and O–H groups in total. The highest BCUT2D eigenvalue weighted by Crippen LogP contribution is 2.51. The molecule has 1 aliphatic carbocycles. The molecular weight excluding hydrogens is 635 g/mol. The summed E-state index contributed by atoms with van der Waals surface area (Å²) in [6.07, 6.45) is 2.06. The van der Waals surface area contributed by atoms with E-state index in [9.17, 15) is 26.4 Å². The van der Waals surface area contributed by atoms with E-state index < -0.39 is 33.9 Å². The van der Waals surface area contributed by atoms with E-state index in [-0.39, 0.29) is 52.3 Å². The number of nitrogens with one attached hydrogen (secondary N) is 3. The standard InChI is InChI=1S/C29H35ClF3N7O4S/c1-28(2)15-18(16-36-28)4-3-11-34-23-7-5-20(17-35-23)45(42,43)39-27(41)21-6-8-24(37-26(21)30)40-12-9-25(38-40)44-13-10-19-14-22(19)29(31,32)33/h5-9,12,17-19,22,36H,3-4,10-11,13-16H2,1-2H3,(H,34,35)(H,39,41). The average Bonchev–Trinajstić information content (AvgIpc) is 3.47. The normalized spacial score (nSPS) is 21.0. The van der Waals surface area contributed by atoms with Gasteiger partial charge in [0.1, 0.15) is 15.9 Å². The molecule has 1 aliphatic heterocycles. The molecule has 5 rings (SSSR count). The van der Waals surface area contributed by atoms with Gasteiger partial charge in [-0.05, 0) is 88.6 Å². The van der Waals surface area contributed by atoms with E-state index in [0.29, 0.717) is 18.3 Å². The van der Waals surface area contributed by atoms with Crippen molar-refractivity contribution in [3.05, 3.63) is 53.4 Å². The fourth-order valence-corrected chi connectivity index (χ4v) is 6.64. The Morgan fingerprint density at radius 2 is 2.00 bits per heavy atom. The van der Waals surface area contributed by atoms with Crippen molar-refractivity contribution in [2.24, 2.45) is 17.8 Å². The first-order valence-corrected chi connectivity index (χ1v) is 16.5. The van der Waals surface area contributed by atoms with Crippen LogP contribution in [-0.2, 0) is 10.0 Å². The topological polar surface area (TPSA) is 140 Å². The van der Waals surface area contributed by atoms with Crippen LogP contribution < -0.4 is 20.1 Å². The number of anilines is 1. The molecule has 3 aromatic heterocycles. The molecule has 3 atom stereocenters. The van der Waals surface area contributed by atoms with Gasteiger partial charge >= 0.3 is 6.18 Å². The van der Waals surface area contributed by atoms with Gasteiger partial charge in [-0.3, -0.25) is 4.79 Å². The highest BCUT2D eigenvalue weighted by molar-refractivity contribution is 7.90. The third kappa shape index (κ3) is 8.64. The van der Waals surface area contributed by atoms with Crippen molar-refractivity contribution >= 4 is 33.3 Å². The Morgan fingerprint density at radius 3 is 2.64 bits per heavy atom. The van der Waals surface area contributed by atoms with E-state index in [2.05, 4.69) is 39.5 Å². The number of halogens is 4. The average molecular weight is 670 g/mol. The lowest BCUT2D eigenvalue weighted by Gasteiger charge is -2.17.